The first-order chi connectivity index (χ1) is 11.5. The van der Waals surface area contributed by atoms with Crippen LogP contribution < -0.4 is 5.73 Å². The molecule has 0 aromatic heterocycles. The zero-order chi connectivity index (χ0) is 17.1. The maximum Gasteiger partial charge on any atom is 0.138 e. The summed E-state index contributed by atoms with van der Waals surface area (Å²) in [4.78, 5) is 0. The molecular weight excluding hydrogens is 322 g/mol. The molecule has 0 atom stereocenters. The first kappa shape index (κ1) is 16.4. The van der Waals surface area contributed by atoms with E-state index in [-0.39, 0.29) is 0 Å². The molecule has 0 amide bonds. The minimum atomic E-state index is 0.517. The zero-order valence-electron chi connectivity index (χ0n) is 13.6. The summed E-state index contributed by atoms with van der Waals surface area (Å²) < 4.78 is 5.64. The quantitative estimate of drug-likeness (QED) is 0.828. The van der Waals surface area contributed by atoms with E-state index in [0.717, 1.165) is 42.1 Å². The molecule has 0 saturated carbocycles. The molecule has 2 N–H and O–H groups in total. The molecule has 4 nitrogen and oxygen atoms in total. The second-order valence-electron chi connectivity index (χ2n) is 5.72. The molecule has 0 radical (unpaired) electrons. The Labute approximate surface area is 147 Å². The van der Waals surface area contributed by atoms with Crippen molar-refractivity contribution in [2.45, 2.75) is 19.8 Å². The molecule has 1 aromatic rings. The van der Waals surface area contributed by atoms with Crippen LogP contribution in [0.15, 0.2) is 71.5 Å². The molecule has 5 heteroatoms. The fourth-order valence-electron chi connectivity index (χ4n) is 2.61. The first-order valence-electron chi connectivity index (χ1n) is 7.87. The van der Waals surface area contributed by atoms with Gasteiger partial charge in [0.05, 0.1) is 18.0 Å². The largest absolute Gasteiger partial charge is 0.492 e. The lowest BCUT2D eigenvalue weighted by atomic mass is 10.0. The van der Waals surface area contributed by atoms with E-state index in [9.17, 15) is 0 Å². The monoisotopic (exact) mass is 341 g/mol. The molecule has 2 aliphatic rings. The molecule has 2 heterocycles. The number of benzene rings is 1. The van der Waals surface area contributed by atoms with Gasteiger partial charge in [0, 0.05) is 5.02 Å². The zero-order valence-corrected chi connectivity index (χ0v) is 14.4. The first-order valence-corrected chi connectivity index (χ1v) is 8.25. The third-order valence-corrected chi connectivity index (χ3v) is 4.11. The Morgan fingerprint density at radius 3 is 2.67 bits per heavy atom. The number of hydrogen-bond acceptors (Lipinski definition) is 4. The minimum absolute atomic E-state index is 0.517. The van der Waals surface area contributed by atoms with Crippen molar-refractivity contribution in [3.8, 4) is 0 Å². The van der Waals surface area contributed by atoms with E-state index in [1.54, 1.807) is 5.01 Å². The van der Waals surface area contributed by atoms with Crippen molar-refractivity contribution in [3.05, 3.63) is 76.9 Å². The van der Waals surface area contributed by atoms with Crippen molar-refractivity contribution < 1.29 is 4.74 Å². The smallest absolute Gasteiger partial charge is 0.138 e. The Kier molecular flexibility index (Phi) is 4.76. The van der Waals surface area contributed by atoms with Gasteiger partial charge in [0.15, 0.2) is 0 Å². The summed E-state index contributed by atoms with van der Waals surface area (Å²) in [6.07, 6.45) is 7.94. The highest BCUT2D eigenvalue weighted by Crippen LogP contribution is 2.28. The van der Waals surface area contributed by atoms with Gasteiger partial charge in [0.1, 0.15) is 11.6 Å². The topological polar surface area (TPSA) is 50.8 Å². The Morgan fingerprint density at radius 1 is 1.29 bits per heavy atom. The highest BCUT2D eigenvalue weighted by Gasteiger charge is 2.17. The average Bonchev–Trinajstić information content (AvgIpc) is 2.59. The fraction of sp³-hybridized carbons (Fsp3) is 0.211. The molecule has 0 aliphatic carbocycles. The Bertz CT molecular complexity index is 772. The van der Waals surface area contributed by atoms with Gasteiger partial charge in [-0.1, -0.05) is 30.3 Å². The summed E-state index contributed by atoms with van der Waals surface area (Å²) in [6, 6.07) is 7.62. The summed E-state index contributed by atoms with van der Waals surface area (Å²) in [5.41, 5.74) is 9.70. The van der Waals surface area contributed by atoms with Gasteiger partial charge >= 0.3 is 0 Å². The van der Waals surface area contributed by atoms with Crippen molar-refractivity contribution in [3.63, 3.8) is 0 Å². The van der Waals surface area contributed by atoms with Crippen LogP contribution >= 0.6 is 11.6 Å². The van der Waals surface area contributed by atoms with E-state index in [1.807, 2.05) is 43.3 Å². The summed E-state index contributed by atoms with van der Waals surface area (Å²) in [6.45, 7) is 6.71. The Hall–Kier alpha value is -2.46. The summed E-state index contributed by atoms with van der Waals surface area (Å²) in [5.74, 6) is 1.33. The normalized spacial score (nSPS) is 18.6. The standard InChI is InChI=1S/C19H20ClN3O/c1-13-11-16(15-6-8-17(20)9-7-15)12-19(21)23(13)22-14(2)18-5-3-4-10-24-18/h5-9,11-12H,1,3-4,10,21H2,2H3/b22-14+. The second kappa shape index (κ2) is 6.97. The molecular formula is C19H20ClN3O. The Balaban J connectivity index is 1.84. The summed E-state index contributed by atoms with van der Waals surface area (Å²) >= 11 is 5.94. The number of hydrogen-bond donors (Lipinski definition) is 1. The molecule has 0 spiro atoms. The molecule has 0 bridgehead atoms. The van der Waals surface area contributed by atoms with Crippen molar-refractivity contribution in [1.82, 2.24) is 5.01 Å². The van der Waals surface area contributed by atoms with Crippen LogP contribution in [0.25, 0.3) is 5.57 Å². The number of allylic oxidation sites excluding steroid dienone is 5. The fourth-order valence-corrected chi connectivity index (χ4v) is 2.73. The SMILES string of the molecule is C=C1C=C(c2ccc(Cl)cc2)C=C(N)N1/N=C(\C)C1=CCCCO1. The van der Waals surface area contributed by atoms with Gasteiger partial charge in [-0.25, -0.2) is 5.01 Å². The van der Waals surface area contributed by atoms with E-state index in [1.165, 1.54) is 0 Å². The molecule has 0 unspecified atom stereocenters. The van der Waals surface area contributed by atoms with Gasteiger partial charge in [-0.05, 0) is 61.3 Å². The number of hydrazone groups is 1. The number of nitrogens with zero attached hydrogens (tertiary/aromatic N) is 2. The molecule has 3 rings (SSSR count). The third kappa shape index (κ3) is 3.54. The van der Waals surface area contributed by atoms with Crippen LogP contribution in [-0.4, -0.2) is 17.3 Å². The van der Waals surface area contributed by atoms with Crippen LogP contribution in [0.4, 0.5) is 0 Å². The molecule has 2 aliphatic heterocycles. The van der Waals surface area contributed by atoms with E-state index >= 15 is 0 Å². The van der Waals surface area contributed by atoms with Crippen LogP contribution in [0, 0.1) is 0 Å². The lowest BCUT2D eigenvalue weighted by molar-refractivity contribution is 0.211. The van der Waals surface area contributed by atoms with Gasteiger partial charge in [-0.15, -0.1) is 0 Å². The number of rotatable bonds is 3. The molecule has 24 heavy (non-hydrogen) atoms. The number of nitrogens with two attached hydrogens (primary N) is 1. The highest BCUT2D eigenvalue weighted by atomic mass is 35.5. The van der Waals surface area contributed by atoms with Crippen LogP contribution in [0.5, 0.6) is 0 Å². The van der Waals surface area contributed by atoms with Crippen molar-refractivity contribution in [2.75, 3.05) is 6.61 Å². The maximum absolute atomic E-state index is 6.20. The second-order valence-corrected chi connectivity index (χ2v) is 6.16. The summed E-state index contributed by atoms with van der Waals surface area (Å²) in [5, 5.41) is 6.90. The van der Waals surface area contributed by atoms with E-state index < -0.39 is 0 Å². The number of ether oxygens (including phenoxy) is 1. The van der Waals surface area contributed by atoms with Crippen molar-refractivity contribution in [2.24, 2.45) is 10.8 Å². The van der Waals surface area contributed by atoms with Crippen LogP contribution in [0.1, 0.15) is 25.3 Å². The average molecular weight is 342 g/mol. The predicted molar refractivity (Wildman–Crippen MR) is 99.1 cm³/mol. The lowest BCUT2D eigenvalue weighted by Gasteiger charge is -2.26. The van der Waals surface area contributed by atoms with Crippen LogP contribution in [0.2, 0.25) is 5.02 Å². The summed E-state index contributed by atoms with van der Waals surface area (Å²) in [7, 11) is 0. The molecule has 124 valence electrons. The van der Waals surface area contributed by atoms with Crippen LogP contribution in [-0.2, 0) is 4.74 Å². The van der Waals surface area contributed by atoms with E-state index in [2.05, 4.69) is 17.8 Å². The van der Waals surface area contributed by atoms with E-state index in [0.29, 0.717) is 16.5 Å². The molecule has 1 aromatic carbocycles. The number of halogens is 1. The lowest BCUT2D eigenvalue weighted by Crippen LogP contribution is -2.25. The third-order valence-electron chi connectivity index (χ3n) is 3.86. The highest BCUT2D eigenvalue weighted by molar-refractivity contribution is 6.30. The minimum Gasteiger partial charge on any atom is -0.492 e. The van der Waals surface area contributed by atoms with Gasteiger partial charge in [0.2, 0.25) is 0 Å². The van der Waals surface area contributed by atoms with Crippen molar-refractivity contribution in [1.29, 1.82) is 0 Å². The van der Waals surface area contributed by atoms with Gasteiger partial charge in [-0.2, -0.15) is 5.10 Å². The van der Waals surface area contributed by atoms with Crippen molar-refractivity contribution >= 4 is 22.9 Å². The maximum atomic E-state index is 6.20. The van der Waals surface area contributed by atoms with Gasteiger partial charge in [-0.3, -0.25) is 0 Å². The Morgan fingerprint density at radius 2 is 2.04 bits per heavy atom. The van der Waals surface area contributed by atoms with Gasteiger partial charge in [0.25, 0.3) is 0 Å². The van der Waals surface area contributed by atoms with E-state index in [4.69, 9.17) is 22.1 Å². The van der Waals surface area contributed by atoms with Crippen LogP contribution in [0.3, 0.4) is 0 Å². The molecule has 0 saturated heterocycles. The predicted octanol–water partition coefficient (Wildman–Crippen LogP) is 4.42. The van der Waals surface area contributed by atoms with Gasteiger partial charge < -0.3 is 10.5 Å². The molecule has 0 fully saturated rings.